The summed E-state index contributed by atoms with van der Waals surface area (Å²) in [5, 5.41) is 0. The summed E-state index contributed by atoms with van der Waals surface area (Å²) in [4.78, 5) is 7.36. The Bertz CT molecular complexity index is 643. The normalized spacial score (nSPS) is 10.7. The molecule has 0 radical (unpaired) electrons. The summed E-state index contributed by atoms with van der Waals surface area (Å²) in [6.07, 6.45) is 1.61. The molecule has 0 saturated carbocycles. The molecule has 0 bridgehead atoms. The van der Waals surface area contributed by atoms with Gasteiger partial charge in [-0.2, -0.15) is 0 Å². The zero-order valence-electron chi connectivity index (χ0n) is 12.1. The Kier molecular flexibility index (Phi) is 4.39. The van der Waals surface area contributed by atoms with Crippen molar-refractivity contribution in [3.8, 4) is 22.8 Å². The topological polar surface area (TPSA) is 47.1 Å². The van der Waals surface area contributed by atoms with E-state index in [1.165, 1.54) is 0 Å². The monoisotopic (exact) mass is 290 g/mol. The summed E-state index contributed by atoms with van der Waals surface area (Å²) in [5.41, 5.74) is 2.76. The third-order valence-electron chi connectivity index (χ3n) is 3.15. The predicted molar refractivity (Wildman–Crippen MR) is 82.1 cm³/mol. The summed E-state index contributed by atoms with van der Waals surface area (Å²) >= 11 is 5.36. The Labute approximate surface area is 123 Å². The largest absolute Gasteiger partial charge is 0.496 e. The van der Waals surface area contributed by atoms with E-state index in [4.69, 9.17) is 21.7 Å². The van der Waals surface area contributed by atoms with Crippen LogP contribution in [-0.2, 0) is 0 Å². The molecule has 2 rings (SSSR count). The van der Waals surface area contributed by atoms with Crippen LogP contribution in [0, 0.1) is 4.64 Å². The van der Waals surface area contributed by atoms with Crippen molar-refractivity contribution in [3.63, 3.8) is 0 Å². The summed E-state index contributed by atoms with van der Waals surface area (Å²) in [6, 6.07) is 5.70. The molecule has 1 aromatic carbocycles. The lowest BCUT2D eigenvalue weighted by Crippen LogP contribution is -2.02. The maximum atomic E-state index is 5.46. The highest BCUT2D eigenvalue weighted by Gasteiger charge is 2.19. The molecule has 5 heteroatoms. The van der Waals surface area contributed by atoms with Gasteiger partial charge in [-0.1, -0.05) is 32.1 Å². The molecule has 0 aliphatic rings. The fourth-order valence-electron chi connectivity index (χ4n) is 2.25. The van der Waals surface area contributed by atoms with Crippen molar-refractivity contribution < 1.29 is 9.47 Å². The SMILES string of the molecule is COc1cccc(OC)c1-c1[nH]cnc(=S)c1C(C)C. The Morgan fingerprint density at radius 2 is 1.75 bits per heavy atom. The number of nitrogens with zero attached hydrogens (tertiary/aromatic N) is 1. The van der Waals surface area contributed by atoms with E-state index >= 15 is 0 Å². The molecule has 0 saturated heterocycles. The average molecular weight is 290 g/mol. The van der Waals surface area contributed by atoms with Crippen LogP contribution in [-0.4, -0.2) is 24.2 Å². The van der Waals surface area contributed by atoms with Gasteiger partial charge in [-0.15, -0.1) is 0 Å². The molecule has 0 atom stereocenters. The van der Waals surface area contributed by atoms with E-state index in [1.54, 1.807) is 20.5 Å². The van der Waals surface area contributed by atoms with Crippen LogP contribution in [0.4, 0.5) is 0 Å². The summed E-state index contributed by atoms with van der Waals surface area (Å²) in [6.45, 7) is 4.18. The van der Waals surface area contributed by atoms with E-state index in [2.05, 4.69) is 23.8 Å². The number of hydrogen-bond acceptors (Lipinski definition) is 4. The number of H-pyrrole nitrogens is 1. The van der Waals surface area contributed by atoms with Gasteiger partial charge < -0.3 is 14.5 Å². The van der Waals surface area contributed by atoms with E-state index in [0.717, 1.165) is 28.3 Å². The van der Waals surface area contributed by atoms with Gasteiger partial charge in [-0.05, 0) is 18.1 Å². The van der Waals surface area contributed by atoms with Gasteiger partial charge in [0.25, 0.3) is 0 Å². The summed E-state index contributed by atoms with van der Waals surface area (Å²) < 4.78 is 11.5. The maximum Gasteiger partial charge on any atom is 0.133 e. The highest BCUT2D eigenvalue weighted by molar-refractivity contribution is 7.71. The number of ether oxygens (including phenoxy) is 2. The third kappa shape index (κ3) is 2.54. The molecule has 0 aliphatic heterocycles. The summed E-state index contributed by atoms with van der Waals surface area (Å²) in [5.74, 6) is 1.73. The molecule has 106 valence electrons. The van der Waals surface area contributed by atoms with Crippen molar-refractivity contribution in [1.29, 1.82) is 0 Å². The first-order valence-electron chi connectivity index (χ1n) is 6.39. The van der Waals surface area contributed by atoms with Crippen molar-refractivity contribution >= 4 is 12.2 Å². The van der Waals surface area contributed by atoms with Crippen molar-refractivity contribution in [2.75, 3.05) is 14.2 Å². The van der Waals surface area contributed by atoms with Gasteiger partial charge in [0.2, 0.25) is 0 Å². The molecule has 1 N–H and O–H groups in total. The fraction of sp³-hybridized carbons (Fsp3) is 0.333. The smallest absolute Gasteiger partial charge is 0.133 e. The van der Waals surface area contributed by atoms with Crippen molar-refractivity contribution in [2.45, 2.75) is 19.8 Å². The Morgan fingerprint density at radius 3 is 2.25 bits per heavy atom. The Balaban J connectivity index is 2.81. The number of aromatic nitrogens is 2. The molecule has 2 aromatic rings. The fourth-order valence-corrected chi connectivity index (χ4v) is 2.64. The number of hydrogen-bond donors (Lipinski definition) is 1. The van der Waals surface area contributed by atoms with Gasteiger partial charge in [0.15, 0.2) is 0 Å². The number of methoxy groups -OCH3 is 2. The van der Waals surface area contributed by atoms with Gasteiger partial charge in [-0.3, -0.25) is 0 Å². The molecule has 0 amide bonds. The highest BCUT2D eigenvalue weighted by atomic mass is 32.1. The molecule has 1 heterocycles. The van der Waals surface area contributed by atoms with E-state index in [9.17, 15) is 0 Å². The quantitative estimate of drug-likeness (QED) is 0.866. The van der Waals surface area contributed by atoms with Crippen LogP contribution < -0.4 is 9.47 Å². The molecular weight excluding hydrogens is 272 g/mol. The Hall–Kier alpha value is -1.88. The maximum absolute atomic E-state index is 5.46. The minimum atomic E-state index is 0.247. The average Bonchev–Trinajstić information content (AvgIpc) is 2.45. The number of aromatic amines is 1. The number of rotatable bonds is 4. The zero-order valence-corrected chi connectivity index (χ0v) is 12.9. The van der Waals surface area contributed by atoms with E-state index in [1.807, 2.05) is 18.2 Å². The molecule has 20 heavy (non-hydrogen) atoms. The number of benzene rings is 1. The minimum absolute atomic E-state index is 0.247. The van der Waals surface area contributed by atoms with Crippen molar-refractivity contribution in [1.82, 2.24) is 9.97 Å². The standard InChI is InChI=1S/C15H18N2O2S/c1-9(2)12-14(16-8-17-15(12)20)13-10(18-3)6-5-7-11(13)19-4/h5-9H,1-4H3,(H,16,17,20). The Morgan fingerprint density at radius 1 is 1.15 bits per heavy atom. The van der Waals surface area contributed by atoms with Crippen LogP contribution >= 0.6 is 12.2 Å². The second-order valence-electron chi connectivity index (χ2n) is 4.69. The minimum Gasteiger partial charge on any atom is -0.496 e. The first-order chi connectivity index (χ1) is 9.60. The first-order valence-corrected chi connectivity index (χ1v) is 6.79. The molecule has 4 nitrogen and oxygen atoms in total. The van der Waals surface area contributed by atoms with E-state index in [0.29, 0.717) is 4.64 Å². The van der Waals surface area contributed by atoms with Crippen LogP contribution in [0.25, 0.3) is 11.3 Å². The van der Waals surface area contributed by atoms with Crippen LogP contribution in [0.15, 0.2) is 24.5 Å². The predicted octanol–water partition coefficient (Wildman–Crippen LogP) is 3.95. The lowest BCUT2D eigenvalue weighted by Gasteiger charge is -2.17. The van der Waals surface area contributed by atoms with Gasteiger partial charge in [0, 0.05) is 5.56 Å². The van der Waals surface area contributed by atoms with E-state index in [-0.39, 0.29) is 5.92 Å². The molecule has 0 unspecified atom stereocenters. The first kappa shape index (κ1) is 14.5. The van der Waals surface area contributed by atoms with E-state index < -0.39 is 0 Å². The highest BCUT2D eigenvalue weighted by Crippen LogP contribution is 2.40. The van der Waals surface area contributed by atoms with Crippen molar-refractivity contribution in [2.24, 2.45) is 0 Å². The molecule has 0 spiro atoms. The molecule has 0 aliphatic carbocycles. The lowest BCUT2D eigenvalue weighted by atomic mass is 9.97. The lowest BCUT2D eigenvalue weighted by molar-refractivity contribution is 0.397. The molecule has 0 fully saturated rings. The molecule has 1 aromatic heterocycles. The van der Waals surface area contributed by atoms with Crippen LogP contribution in [0.5, 0.6) is 11.5 Å². The van der Waals surface area contributed by atoms with Gasteiger partial charge in [-0.25, -0.2) is 4.98 Å². The van der Waals surface area contributed by atoms with Crippen LogP contribution in [0.1, 0.15) is 25.3 Å². The van der Waals surface area contributed by atoms with Gasteiger partial charge in [0.1, 0.15) is 16.1 Å². The second kappa shape index (κ2) is 6.05. The zero-order chi connectivity index (χ0) is 14.7. The van der Waals surface area contributed by atoms with Crippen molar-refractivity contribution in [3.05, 3.63) is 34.7 Å². The van der Waals surface area contributed by atoms with Gasteiger partial charge >= 0.3 is 0 Å². The van der Waals surface area contributed by atoms with Gasteiger partial charge in [0.05, 0.1) is 31.8 Å². The third-order valence-corrected chi connectivity index (χ3v) is 3.47. The molecular formula is C15H18N2O2S. The number of nitrogens with one attached hydrogen (secondary N) is 1. The van der Waals surface area contributed by atoms with Crippen LogP contribution in [0.2, 0.25) is 0 Å². The summed E-state index contributed by atoms with van der Waals surface area (Å²) in [7, 11) is 3.28. The van der Waals surface area contributed by atoms with Crippen LogP contribution in [0.3, 0.4) is 0 Å². The second-order valence-corrected chi connectivity index (χ2v) is 5.08.